The zero-order valence-electron chi connectivity index (χ0n) is 16.2. The molecular weight excluding hydrogens is 330 g/mol. The van der Waals surface area contributed by atoms with Crippen molar-refractivity contribution in [1.29, 1.82) is 0 Å². The largest absolute Gasteiger partial charge is 0.444 e. The van der Waals surface area contributed by atoms with Crippen LogP contribution in [0, 0.1) is 0 Å². The highest BCUT2D eigenvalue weighted by atomic mass is 16.4. The van der Waals surface area contributed by atoms with Gasteiger partial charge < -0.3 is 9.32 Å². The summed E-state index contributed by atoms with van der Waals surface area (Å²) in [5, 5.41) is 4.33. The van der Waals surface area contributed by atoms with E-state index in [1.165, 1.54) is 0 Å². The van der Waals surface area contributed by atoms with Gasteiger partial charge in [-0.2, -0.15) is 5.10 Å². The van der Waals surface area contributed by atoms with E-state index < -0.39 is 0 Å². The Balaban J connectivity index is 1.58. The van der Waals surface area contributed by atoms with E-state index in [1.54, 1.807) is 10.7 Å². The minimum absolute atomic E-state index is 0.0187. The van der Waals surface area contributed by atoms with E-state index in [2.05, 4.69) is 35.8 Å². The molecule has 3 heterocycles. The lowest BCUT2D eigenvalue weighted by Gasteiger charge is -2.20. The molecule has 0 saturated carbocycles. The third-order valence-corrected chi connectivity index (χ3v) is 4.71. The molecule has 0 aromatic carbocycles. The van der Waals surface area contributed by atoms with E-state index in [-0.39, 0.29) is 11.3 Å². The van der Waals surface area contributed by atoms with Crippen molar-refractivity contribution in [2.45, 2.75) is 52.6 Å². The summed E-state index contributed by atoms with van der Waals surface area (Å²) in [4.78, 5) is 21.3. The molecule has 1 fully saturated rings. The Kier molecular flexibility index (Phi) is 5.46. The standard InChI is InChI=1S/C19H29N5O2/c1-5-24-10-7-15(21-24)18(25)23-9-6-8-22(11-12-23)14-17-20-13-16(26-17)19(2,3)4/h7,10,13H,5-6,8-9,11-12,14H2,1-4H3. The van der Waals surface area contributed by atoms with Crippen LogP contribution in [0.2, 0.25) is 0 Å². The van der Waals surface area contributed by atoms with Gasteiger partial charge in [0.15, 0.2) is 0 Å². The highest BCUT2D eigenvalue weighted by molar-refractivity contribution is 5.92. The van der Waals surface area contributed by atoms with Crippen molar-refractivity contribution < 1.29 is 9.21 Å². The van der Waals surface area contributed by atoms with Gasteiger partial charge in [-0.3, -0.25) is 14.4 Å². The summed E-state index contributed by atoms with van der Waals surface area (Å²) in [5.74, 6) is 1.67. The first-order valence-corrected chi connectivity index (χ1v) is 9.37. The number of rotatable bonds is 4. The predicted octanol–water partition coefficient (Wildman–Crippen LogP) is 2.54. The minimum Gasteiger partial charge on any atom is -0.444 e. The van der Waals surface area contributed by atoms with Crippen LogP contribution in [0.15, 0.2) is 22.9 Å². The monoisotopic (exact) mass is 359 g/mol. The van der Waals surface area contributed by atoms with E-state index >= 15 is 0 Å². The van der Waals surface area contributed by atoms with Gasteiger partial charge in [0, 0.05) is 44.3 Å². The Labute approximate surface area is 155 Å². The Morgan fingerprint density at radius 3 is 2.69 bits per heavy atom. The van der Waals surface area contributed by atoms with Gasteiger partial charge in [0.1, 0.15) is 11.5 Å². The number of hydrogen-bond donors (Lipinski definition) is 0. The van der Waals surface area contributed by atoms with Crippen molar-refractivity contribution in [3.8, 4) is 0 Å². The summed E-state index contributed by atoms with van der Waals surface area (Å²) in [6, 6.07) is 1.80. The Bertz CT molecular complexity index is 743. The van der Waals surface area contributed by atoms with Crippen molar-refractivity contribution in [2.24, 2.45) is 0 Å². The van der Waals surface area contributed by atoms with Crippen LogP contribution in [0.1, 0.15) is 56.3 Å². The maximum absolute atomic E-state index is 12.7. The molecule has 7 heteroatoms. The van der Waals surface area contributed by atoms with E-state index in [0.29, 0.717) is 18.8 Å². The van der Waals surface area contributed by atoms with E-state index in [4.69, 9.17) is 4.42 Å². The second kappa shape index (κ2) is 7.61. The van der Waals surface area contributed by atoms with Crippen LogP contribution >= 0.6 is 0 Å². The zero-order valence-corrected chi connectivity index (χ0v) is 16.2. The molecule has 0 spiro atoms. The van der Waals surface area contributed by atoms with Crippen LogP contribution < -0.4 is 0 Å². The molecule has 2 aromatic heterocycles. The number of amides is 1. The summed E-state index contributed by atoms with van der Waals surface area (Å²) < 4.78 is 7.69. The topological polar surface area (TPSA) is 67.4 Å². The van der Waals surface area contributed by atoms with Gasteiger partial charge in [-0.15, -0.1) is 0 Å². The highest BCUT2D eigenvalue weighted by Gasteiger charge is 2.24. The van der Waals surface area contributed by atoms with Crippen molar-refractivity contribution >= 4 is 5.91 Å². The van der Waals surface area contributed by atoms with Gasteiger partial charge in [0.25, 0.3) is 5.91 Å². The van der Waals surface area contributed by atoms with Crippen LogP contribution in [-0.2, 0) is 18.5 Å². The quantitative estimate of drug-likeness (QED) is 0.839. The van der Waals surface area contributed by atoms with Crippen LogP contribution in [-0.4, -0.2) is 56.7 Å². The molecule has 7 nitrogen and oxygen atoms in total. The second-order valence-electron chi connectivity index (χ2n) is 7.85. The van der Waals surface area contributed by atoms with Gasteiger partial charge in [-0.1, -0.05) is 20.8 Å². The van der Waals surface area contributed by atoms with E-state index in [1.807, 2.05) is 24.2 Å². The molecule has 142 valence electrons. The summed E-state index contributed by atoms with van der Waals surface area (Å²) in [5.41, 5.74) is 0.498. The lowest BCUT2D eigenvalue weighted by atomic mass is 9.94. The third kappa shape index (κ3) is 4.33. The molecule has 0 bridgehead atoms. The maximum Gasteiger partial charge on any atom is 0.274 e. The molecule has 2 aromatic rings. The number of nitrogens with zero attached hydrogens (tertiary/aromatic N) is 5. The summed E-state index contributed by atoms with van der Waals surface area (Å²) in [6.07, 6.45) is 4.62. The van der Waals surface area contributed by atoms with Crippen molar-refractivity contribution in [3.05, 3.63) is 35.8 Å². The number of carbonyl (C=O) groups excluding carboxylic acids is 1. The lowest BCUT2D eigenvalue weighted by Crippen LogP contribution is -2.35. The summed E-state index contributed by atoms with van der Waals surface area (Å²) in [6.45, 7) is 13.0. The third-order valence-electron chi connectivity index (χ3n) is 4.71. The highest BCUT2D eigenvalue weighted by Crippen LogP contribution is 2.23. The summed E-state index contributed by atoms with van der Waals surface area (Å²) >= 11 is 0. The Morgan fingerprint density at radius 2 is 2.04 bits per heavy atom. The number of oxazole rings is 1. The van der Waals surface area contributed by atoms with Gasteiger partial charge in [0.05, 0.1) is 12.7 Å². The van der Waals surface area contributed by atoms with Crippen LogP contribution in [0.3, 0.4) is 0 Å². The molecule has 0 radical (unpaired) electrons. The predicted molar refractivity (Wildman–Crippen MR) is 98.9 cm³/mol. The SMILES string of the molecule is CCn1ccc(C(=O)N2CCCN(Cc3ncc(C(C)(C)C)o3)CC2)n1. The minimum atomic E-state index is -0.0326. The molecule has 0 aliphatic carbocycles. The molecule has 1 amide bonds. The molecule has 0 unspecified atom stereocenters. The van der Waals surface area contributed by atoms with Crippen LogP contribution in [0.25, 0.3) is 0 Å². The van der Waals surface area contributed by atoms with E-state index in [9.17, 15) is 4.79 Å². The van der Waals surface area contributed by atoms with Gasteiger partial charge in [-0.25, -0.2) is 4.98 Å². The molecule has 0 atom stereocenters. The van der Waals surface area contributed by atoms with Crippen molar-refractivity contribution in [1.82, 2.24) is 24.6 Å². The van der Waals surface area contributed by atoms with Gasteiger partial charge in [0.2, 0.25) is 5.89 Å². The molecule has 26 heavy (non-hydrogen) atoms. The average molecular weight is 359 g/mol. The molecular formula is C19H29N5O2. The first-order chi connectivity index (χ1) is 12.4. The first kappa shape index (κ1) is 18.6. The molecule has 1 aliphatic rings. The Morgan fingerprint density at radius 1 is 1.23 bits per heavy atom. The fourth-order valence-corrected chi connectivity index (χ4v) is 3.07. The number of carbonyl (C=O) groups is 1. The van der Waals surface area contributed by atoms with Gasteiger partial charge >= 0.3 is 0 Å². The molecule has 3 rings (SSSR count). The van der Waals surface area contributed by atoms with E-state index in [0.717, 1.165) is 44.3 Å². The molecule has 1 saturated heterocycles. The van der Waals surface area contributed by atoms with Gasteiger partial charge in [-0.05, 0) is 19.4 Å². The molecule has 1 aliphatic heterocycles. The van der Waals surface area contributed by atoms with Crippen molar-refractivity contribution in [2.75, 3.05) is 26.2 Å². The van der Waals surface area contributed by atoms with Crippen LogP contribution in [0.4, 0.5) is 0 Å². The fraction of sp³-hybridized carbons (Fsp3) is 0.632. The summed E-state index contributed by atoms with van der Waals surface area (Å²) in [7, 11) is 0. The second-order valence-corrected chi connectivity index (χ2v) is 7.85. The average Bonchev–Trinajstić information content (AvgIpc) is 3.20. The maximum atomic E-state index is 12.7. The molecule has 0 N–H and O–H groups in total. The number of hydrogen-bond acceptors (Lipinski definition) is 5. The number of aromatic nitrogens is 3. The Hall–Kier alpha value is -2.15. The van der Waals surface area contributed by atoms with Crippen molar-refractivity contribution in [3.63, 3.8) is 0 Å². The zero-order chi connectivity index (χ0) is 18.7. The first-order valence-electron chi connectivity index (χ1n) is 9.37. The lowest BCUT2D eigenvalue weighted by molar-refractivity contribution is 0.0754. The number of aryl methyl sites for hydroxylation is 1. The van der Waals surface area contributed by atoms with Crippen LogP contribution in [0.5, 0.6) is 0 Å². The fourth-order valence-electron chi connectivity index (χ4n) is 3.07. The normalized spacial score (nSPS) is 16.7. The smallest absolute Gasteiger partial charge is 0.274 e.